The highest BCUT2D eigenvalue weighted by molar-refractivity contribution is 7.89. The third-order valence-corrected chi connectivity index (χ3v) is 8.54. The van der Waals surface area contributed by atoms with Gasteiger partial charge in [-0.2, -0.15) is 23.8 Å². The van der Waals surface area contributed by atoms with Crippen LogP contribution in [0.3, 0.4) is 0 Å². The Hall–Kier alpha value is -3.26. The van der Waals surface area contributed by atoms with Crippen LogP contribution in [0.25, 0.3) is 17.4 Å². The maximum absolute atomic E-state index is 13.4. The number of amides is 1. The Morgan fingerprint density at radius 1 is 1.15 bits per heavy atom. The van der Waals surface area contributed by atoms with Crippen molar-refractivity contribution in [1.82, 2.24) is 33.8 Å². The van der Waals surface area contributed by atoms with Crippen molar-refractivity contribution in [2.75, 3.05) is 43.4 Å². The summed E-state index contributed by atoms with van der Waals surface area (Å²) < 4.78 is 33.0. The maximum atomic E-state index is 13.4. The highest BCUT2D eigenvalue weighted by Crippen LogP contribution is 2.26. The van der Waals surface area contributed by atoms with Gasteiger partial charge in [-0.1, -0.05) is 0 Å². The fourth-order valence-corrected chi connectivity index (χ4v) is 5.64. The molecule has 1 unspecified atom stereocenters. The number of nitrogens with zero attached hydrogens (tertiary/aromatic N) is 8. The van der Waals surface area contributed by atoms with E-state index in [1.807, 2.05) is 4.90 Å². The minimum atomic E-state index is -3.33. The zero-order chi connectivity index (χ0) is 24.0. The van der Waals surface area contributed by atoms with Crippen LogP contribution in [0.5, 0.6) is 0 Å². The highest BCUT2D eigenvalue weighted by Gasteiger charge is 2.38. The molecule has 3 aromatic heterocycles. The molecule has 1 amide bonds. The number of anilines is 2. The van der Waals surface area contributed by atoms with Gasteiger partial charge in [0.15, 0.2) is 5.76 Å². The van der Waals surface area contributed by atoms with Gasteiger partial charge in [0.2, 0.25) is 33.7 Å². The van der Waals surface area contributed by atoms with Gasteiger partial charge in [-0.25, -0.2) is 8.42 Å². The van der Waals surface area contributed by atoms with E-state index in [9.17, 15) is 13.2 Å². The smallest absolute Gasteiger partial charge is 0.259 e. The van der Waals surface area contributed by atoms with Gasteiger partial charge < -0.3 is 20.0 Å². The summed E-state index contributed by atoms with van der Waals surface area (Å²) in [6.07, 6.45) is 2.99. The monoisotopic (exact) mass is 489 g/mol. The average molecular weight is 490 g/mol. The van der Waals surface area contributed by atoms with Crippen molar-refractivity contribution < 1.29 is 17.6 Å². The molecule has 0 saturated carbocycles. The molecular formula is C20H27N9O4S. The second kappa shape index (κ2) is 8.51. The van der Waals surface area contributed by atoms with E-state index in [1.165, 1.54) is 15.1 Å². The molecule has 2 saturated heterocycles. The van der Waals surface area contributed by atoms with E-state index < -0.39 is 21.3 Å². The number of nitrogen functional groups attached to an aromatic ring is 1. The van der Waals surface area contributed by atoms with Crippen molar-refractivity contribution in [3.05, 3.63) is 18.4 Å². The van der Waals surface area contributed by atoms with E-state index >= 15 is 0 Å². The Labute approximate surface area is 196 Å². The van der Waals surface area contributed by atoms with Crippen LogP contribution < -0.4 is 10.6 Å². The zero-order valence-corrected chi connectivity index (χ0v) is 19.8. The normalized spacial score (nSPS) is 20.0. The molecule has 182 valence electrons. The largest absolute Gasteiger partial charge is 0.461 e. The summed E-state index contributed by atoms with van der Waals surface area (Å²) in [6.45, 7) is 5.24. The van der Waals surface area contributed by atoms with E-state index in [1.54, 1.807) is 30.9 Å². The Morgan fingerprint density at radius 2 is 1.91 bits per heavy atom. The number of hydrogen-bond acceptors (Lipinski definition) is 10. The molecule has 2 fully saturated rings. The molecule has 0 bridgehead atoms. The lowest BCUT2D eigenvalue weighted by Gasteiger charge is -2.37. The SMILES string of the molecule is CC(C)S(=O)(=O)N1CCN(C(=O)C2CCCN2c2nc(N)n3nc(-c4ccco4)nc3n2)CC1. The number of rotatable bonds is 5. The first-order valence-electron chi connectivity index (χ1n) is 11.2. The van der Waals surface area contributed by atoms with Crippen molar-refractivity contribution in [2.45, 2.75) is 38.0 Å². The van der Waals surface area contributed by atoms with Gasteiger partial charge in [-0.15, -0.1) is 5.10 Å². The van der Waals surface area contributed by atoms with Crippen molar-refractivity contribution in [1.29, 1.82) is 0 Å². The summed E-state index contributed by atoms with van der Waals surface area (Å²) >= 11 is 0. The molecule has 0 spiro atoms. The lowest BCUT2D eigenvalue weighted by Crippen LogP contribution is -2.55. The Kier molecular flexibility index (Phi) is 5.64. The molecule has 0 aliphatic carbocycles. The number of carbonyl (C=O) groups excluding carboxylic acids is 1. The molecule has 0 radical (unpaired) electrons. The Bertz CT molecular complexity index is 1300. The van der Waals surface area contributed by atoms with Crippen molar-refractivity contribution >= 4 is 33.6 Å². The van der Waals surface area contributed by atoms with Crippen LogP contribution in [0, 0.1) is 0 Å². The molecule has 34 heavy (non-hydrogen) atoms. The fourth-order valence-electron chi connectivity index (χ4n) is 4.37. The standard InChI is InChI=1S/C20H27N9O4S/c1-13(2)34(31,32)27-10-8-26(9-11-27)17(30)14-5-3-7-28(14)19-23-18(21)29-20(24-19)22-16(25-29)15-6-4-12-33-15/h4,6,12-14H,3,5,7-11H2,1-2H3,(H2,21,22,23,24,25). The number of fused-ring (bicyclic) bond motifs is 1. The van der Waals surface area contributed by atoms with Gasteiger partial charge in [0.1, 0.15) is 6.04 Å². The van der Waals surface area contributed by atoms with Gasteiger partial charge in [0.25, 0.3) is 5.78 Å². The van der Waals surface area contributed by atoms with E-state index in [0.717, 1.165) is 6.42 Å². The summed E-state index contributed by atoms with van der Waals surface area (Å²) in [5.41, 5.74) is 6.13. The Balaban J connectivity index is 1.34. The summed E-state index contributed by atoms with van der Waals surface area (Å²) in [5.74, 6) is 1.46. The van der Waals surface area contributed by atoms with E-state index in [4.69, 9.17) is 10.2 Å². The van der Waals surface area contributed by atoms with Gasteiger partial charge in [-0.05, 0) is 38.8 Å². The molecule has 2 aliphatic rings. The first kappa shape index (κ1) is 22.5. The van der Waals surface area contributed by atoms with Crippen LogP contribution in [0.1, 0.15) is 26.7 Å². The lowest BCUT2D eigenvalue weighted by atomic mass is 10.2. The van der Waals surface area contributed by atoms with Crippen LogP contribution in [-0.4, -0.2) is 92.1 Å². The third kappa shape index (κ3) is 3.86. The van der Waals surface area contributed by atoms with Crippen molar-refractivity contribution in [2.24, 2.45) is 0 Å². The van der Waals surface area contributed by atoms with E-state index in [-0.39, 0.29) is 17.6 Å². The number of sulfonamides is 1. The first-order valence-corrected chi connectivity index (χ1v) is 12.7. The van der Waals surface area contributed by atoms with Crippen LogP contribution >= 0.6 is 0 Å². The van der Waals surface area contributed by atoms with Gasteiger partial charge in [0, 0.05) is 32.7 Å². The topological polar surface area (TPSA) is 156 Å². The summed E-state index contributed by atoms with van der Waals surface area (Å²) in [5, 5.41) is 3.82. The Morgan fingerprint density at radius 3 is 2.59 bits per heavy atom. The minimum Gasteiger partial charge on any atom is -0.461 e. The zero-order valence-electron chi connectivity index (χ0n) is 19.0. The molecule has 5 rings (SSSR count). The molecule has 14 heteroatoms. The second-order valence-corrected chi connectivity index (χ2v) is 11.2. The maximum Gasteiger partial charge on any atom is 0.259 e. The second-order valence-electron chi connectivity index (χ2n) is 8.68. The van der Waals surface area contributed by atoms with Crippen molar-refractivity contribution in [3.8, 4) is 11.6 Å². The minimum absolute atomic E-state index is 0.0566. The van der Waals surface area contributed by atoms with Crippen molar-refractivity contribution in [3.63, 3.8) is 0 Å². The van der Waals surface area contributed by atoms with Crippen LogP contribution in [-0.2, 0) is 14.8 Å². The predicted molar refractivity (Wildman–Crippen MR) is 123 cm³/mol. The molecule has 3 aromatic rings. The number of piperazine rings is 1. The predicted octanol–water partition coefficient (Wildman–Crippen LogP) is 0.213. The summed E-state index contributed by atoms with van der Waals surface area (Å²) in [4.78, 5) is 30.2. The molecular weight excluding hydrogens is 462 g/mol. The van der Waals surface area contributed by atoms with Gasteiger partial charge in [-0.3, -0.25) is 4.79 Å². The fraction of sp³-hybridized carbons (Fsp3) is 0.550. The average Bonchev–Trinajstić information content (AvgIpc) is 3.58. The third-order valence-electron chi connectivity index (χ3n) is 6.26. The summed E-state index contributed by atoms with van der Waals surface area (Å²) in [7, 11) is -3.33. The first-order chi connectivity index (χ1) is 16.3. The van der Waals surface area contributed by atoms with Gasteiger partial charge in [0.05, 0.1) is 11.5 Å². The summed E-state index contributed by atoms with van der Waals surface area (Å²) in [6, 6.07) is 3.03. The molecule has 13 nitrogen and oxygen atoms in total. The number of nitrogens with two attached hydrogens (primary N) is 1. The molecule has 1 atom stereocenters. The van der Waals surface area contributed by atoms with Crippen LogP contribution in [0.15, 0.2) is 22.8 Å². The molecule has 2 aliphatic heterocycles. The molecule has 0 aromatic carbocycles. The van der Waals surface area contributed by atoms with E-state index in [2.05, 4.69) is 20.1 Å². The molecule has 5 heterocycles. The van der Waals surface area contributed by atoms with Gasteiger partial charge >= 0.3 is 0 Å². The number of hydrogen-bond donors (Lipinski definition) is 1. The van der Waals surface area contributed by atoms with E-state index in [0.29, 0.717) is 56.7 Å². The number of carbonyl (C=O) groups is 1. The van der Waals surface area contributed by atoms with Crippen LogP contribution in [0.2, 0.25) is 0 Å². The van der Waals surface area contributed by atoms with Crippen LogP contribution in [0.4, 0.5) is 11.9 Å². The molecule has 2 N–H and O–H groups in total. The number of aromatic nitrogens is 5. The lowest BCUT2D eigenvalue weighted by molar-refractivity contribution is -0.133. The highest BCUT2D eigenvalue weighted by atomic mass is 32.2. The number of furan rings is 1. The quantitative estimate of drug-likeness (QED) is 0.525.